The van der Waals surface area contributed by atoms with Crippen molar-refractivity contribution in [3.05, 3.63) is 10.1 Å². The summed E-state index contributed by atoms with van der Waals surface area (Å²) >= 11 is 0. The number of ether oxygens (including phenoxy) is 3. The van der Waals surface area contributed by atoms with Gasteiger partial charge < -0.3 is 14.2 Å². The highest BCUT2D eigenvalue weighted by molar-refractivity contribution is 6.00. The normalized spacial score (nSPS) is 22.4. The lowest BCUT2D eigenvalue weighted by Crippen LogP contribution is -2.53. The standard InChI is InChI=1S/C17H29NO7/c1-5-13(6-2)25-14-9-12(18(21)22)10-17(11-14,15(19)23-7-3)16(20)24-8-4/h12-14H,5-11H2,1-4H3. The van der Waals surface area contributed by atoms with Crippen LogP contribution in [0.3, 0.4) is 0 Å². The molecule has 0 radical (unpaired) electrons. The lowest BCUT2D eigenvalue weighted by molar-refractivity contribution is -0.531. The van der Waals surface area contributed by atoms with E-state index in [-0.39, 0.29) is 38.6 Å². The van der Waals surface area contributed by atoms with Gasteiger partial charge in [0.1, 0.15) is 0 Å². The van der Waals surface area contributed by atoms with Gasteiger partial charge in [-0.15, -0.1) is 0 Å². The van der Waals surface area contributed by atoms with E-state index < -0.39 is 34.4 Å². The van der Waals surface area contributed by atoms with Crippen molar-refractivity contribution in [1.82, 2.24) is 0 Å². The molecule has 0 bridgehead atoms. The van der Waals surface area contributed by atoms with Crippen LogP contribution in [0.2, 0.25) is 0 Å². The average molecular weight is 359 g/mol. The van der Waals surface area contributed by atoms with E-state index in [0.717, 1.165) is 12.8 Å². The lowest BCUT2D eigenvalue weighted by atomic mass is 9.70. The van der Waals surface area contributed by atoms with E-state index in [9.17, 15) is 19.7 Å². The number of carbonyl (C=O) groups excluding carboxylic acids is 2. The van der Waals surface area contributed by atoms with Crippen LogP contribution in [0.15, 0.2) is 0 Å². The minimum absolute atomic E-state index is 0.0471. The van der Waals surface area contributed by atoms with Crippen LogP contribution in [0.5, 0.6) is 0 Å². The van der Waals surface area contributed by atoms with Crippen molar-refractivity contribution < 1.29 is 28.7 Å². The molecule has 0 aromatic heterocycles. The Kier molecular flexibility index (Phi) is 8.28. The maximum atomic E-state index is 12.6. The number of carbonyl (C=O) groups is 2. The minimum atomic E-state index is -1.68. The predicted octanol–water partition coefficient (Wildman–Crippen LogP) is 2.50. The zero-order valence-electron chi connectivity index (χ0n) is 15.5. The number of nitrogens with zero attached hydrogens (tertiary/aromatic N) is 1. The second-order valence-electron chi connectivity index (χ2n) is 6.30. The van der Waals surface area contributed by atoms with Crippen LogP contribution in [0, 0.1) is 15.5 Å². The van der Waals surface area contributed by atoms with E-state index in [0.29, 0.717) is 0 Å². The molecule has 1 rings (SSSR count). The summed E-state index contributed by atoms with van der Waals surface area (Å²) in [5.41, 5.74) is -1.68. The number of rotatable bonds is 9. The molecule has 0 heterocycles. The van der Waals surface area contributed by atoms with Crippen molar-refractivity contribution in [2.45, 2.75) is 78.0 Å². The zero-order valence-corrected chi connectivity index (χ0v) is 15.5. The molecule has 0 aliphatic heterocycles. The Bertz CT molecular complexity index is 458. The largest absolute Gasteiger partial charge is 0.465 e. The van der Waals surface area contributed by atoms with Gasteiger partial charge in [-0.25, -0.2) is 0 Å². The van der Waals surface area contributed by atoms with Crippen LogP contribution >= 0.6 is 0 Å². The quantitative estimate of drug-likeness (QED) is 0.269. The molecule has 8 nitrogen and oxygen atoms in total. The molecule has 0 saturated heterocycles. The van der Waals surface area contributed by atoms with Gasteiger partial charge in [-0.05, 0) is 26.7 Å². The first-order valence-corrected chi connectivity index (χ1v) is 8.97. The van der Waals surface area contributed by atoms with E-state index in [1.54, 1.807) is 13.8 Å². The Morgan fingerprint density at radius 3 is 2.00 bits per heavy atom. The second kappa shape index (κ2) is 9.70. The summed E-state index contributed by atoms with van der Waals surface area (Å²) in [6, 6.07) is -1.05. The molecule has 0 amide bonds. The highest BCUT2D eigenvalue weighted by atomic mass is 16.6. The maximum Gasteiger partial charge on any atom is 0.323 e. The third-order valence-electron chi connectivity index (χ3n) is 4.62. The molecular weight excluding hydrogens is 330 g/mol. The minimum Gasteiger partial charge on any atom is -0.465 e. The smallest absolute Gasteiger partial charge is 0.323 e. The molecule has 2 unspecified atom stereocenters. The van der Waals surface area contributed by atoms with Crippen LogP contribution in [0.4, 0.5) is 0 Å². The molecule has 1 saturated carbocycles. The third-order valence-corrected chi connectivity index (χ3v) is 4.62. The SMILES string of the molecule is CCOC(=O)C1(C(=O)OCC)CC(OC(CC)CC)CC([N+](=O)[O-])C1. The fourth-order valence-electron chi connectivity index (χ4n) is 3.32. The van der Waals surface area contributed by atoms with Gasteiger partial charge in [0.15, 0.2) is 5.41 Å². The molecule has 8 heteroatoms. The summed E-state index contributed by atoms with van der Waals surface area (Å²) in [6.45, 7) is 7.35. The highest BCUT2D eigenvalue weighted by Crippen LogP contribution is 2.41. The molecule has 144 valence electrons. The molecule has 1 aliphatic carbocycles. The average Bonchev–Trinajstić information content (AvgIpc) is 2.59. The lowest BCUT2D eigenvalue weighted by Gasteiger charge is -2.38. The van der Waals surface area contributed by atoms with Gasteiger partial charge in [0.25, 0.3) is 0 Å². The first-order valence-electron chi connectivity index (χ1n) is 8.97. The first-order chi connectivity index (χ1) is 11.8. The second-order valence-corrected chi connectivity index (χ2v) is 6.30. The molecule has 0 aromatic carbocycles. The van der Waals surface area contributed by atoms with Gasteiger partial charge in [-0.3, -0.25) is 19.7 Å². The van der Waals surface area contributed by atoms with Gasteiger partial charge in [0.05, 0.1) is 25.4 Å². The number of nitro groups is 1. The van der Waals surface area contributed by atoms with Crippen LogP contribution in [0.1, 0.15) is 59.8 Å². The molecule has 1 fully saturated rings. The van der Waals surface area contributed by atoms with E-state index in [1.807, 2.05) is 13.8 Å². The third kappa shape index (κ3) is 5.14. The number of hydrogen-bond donors (Lipinski definition) is 0. The Hall–Kier alpha value is -1.70. The van der Waals surface area contributed by atoms with Crippen molar-refractivity contribution in [1.29, 1.82) is 0 Å². The summed E-state index contributed by atoms with van der Waals surface area (Å²) in [6.07, 6.45) is 0.861. The summed E-state index contributed by atoms with van der Waals surface area (Å²) in [4.78, 5) is 36.1. The molecule has 1 aliphatic rings. The Labute approximate surface area is 148 Å². The van der Waals surface area contributed by atoms with E-state index in [1.165, 1.54) is 0 Å². The van der Waals surface area contributed by atoms with Crippen molar-refractivity contribution in [3.8, 4) is 0 Å². The van der Waals surface area contributed by atoms with Gasteiger partial charge in [0.2, 0.25) is 6.04 Å². The molecule has 0 aromatic rings. The Balaban J connectivity index is 3.19. The fourth-order valence-corrected chi connectivity index (χ4v) is 3.32. The van der Waals surface area contributed by atoms with Crippen LogP contribution in [-0.4, -0.2) is 48.3 Å². The molecule has 0 N–H and O–H groups in total. The van der Waals surface area contributed by atoms with E-state index in [2.05, 4.69) is 0 Å². The summed E-state index contributed by atoms with van der Waals surface area (Å²) in [5.74, 6) is -1.53. The topological polar surface area (TPSA) is 105 Å². The van der Waals surface area contributed by atoms with Gasteiger partial charge in [-0.2, -0.15) is 0 Å². The number of hydrogen-bond acceptors (Lipinski definition) is 7. The number of esters is 2. The van der Waals surface area contributed by atoms with Crippen molar-refractivity contribution in [2.75, 3.05) is 13.2 Å². The monoisotopic (exact) mass is 359 g/mol. The van der Waals surface area contributed by atoms with Crippen LogP contribution in [0.25, 0.3) is 0 Å². The van der Waals surface area contributed by atoms with Gasteiger partial charge >= 0.3 is 11.9 Å². The molecule has 2 atom stereocenters. The fraction of sp³-hybridized carbons (Fsp3) is 0.882. The molecule has 25 heavy (non-hydrogen) atoms. The Morgan fingerprint density at radius 2 is 1.60 bits per heavy atom. The van der Waals surface area contributed by atoms with Crippen LogP contribution in [-0.2, 0) is 23.8 Å². The van der Waals surface area contributed by atoms with E-state index >= 15 is 0 Å². The first kappa shape index (κ1) is 21.3. The van der Waals surface area contributed by atoms with Crippen LogP contribution < -0.4 is 0 Å². The molecular formula is C17H29NO7. The summed E-state index contributed by atoms with van der Waals surface area (Å²) in [7, 11) is 0. The summed E-state index contributed by atoms with van der Waals surface area (Å²) < 4.78 is 16.1. The zero-order chi connectivity index (χ0) is 19.0. The van der Waals surface area contributed by atoms with Gasteiger partial charge in [-0.1, -0.05) is 13.8 Å². The maximum absolute atomic E-state index is 12.6. The highest BCUT2D eigenvalue weighted by Gasteiger charge is 2.57. The Morgan fingerprint density at radius 1 is 1.08 bits per heavy atom. The van der Waals surface area contributed by atoms with E-state index in [4.69, 9.17) is 14.2 Å². The van der Waals surface area contributed by atoms with Crippen molar-refractivity contribution >= 4 is 11.9 Å². The summed E-state index contributed by atoms with van der Waals surface area (Å²) in [5, 5.41) is 11.4. The van der Waals surface area contributed by atoms with Crippen molar-refractivity contribution in [2.24, 2.45) is 5.41 Å². The predicted molar refractivity (Wildman–Crippen MR) is 89.6 cm³/mol. The van der Waals surface area contributed by atoms with Gasteiger partial charge in [0, 0.05) is 24.2 Å². The van der Waals surface area contributed by atoms with Crippen molar-refractivity contribution in [3.63, 3.8) is 0 Å². The molecule has 0 spiro atoms.